The van der Waals surface area contributed by atoms with E-state index in [9.17, 15) is 9.59 Å². The van der Waals surface area contributed by atoms with Crippen LogP contribution in [-0.4, -0.2) is 47.9 Å². The Morgan fingerprint density at radius 3 is 2.96 bits per heavy atom. The lowest BCUT2D eigenvalue weighted by molar-refractivity contribution is -0.139. The van der Waals surface area contributed by atoms with Crippen LogP contribution in [0.2, 0.25) is 5.02 Å². The maximum Gasteiger partial charge on any atom is 0.317 e. The van der Waals surface area contributed by atoms with Gasteiger partial charge in [-0.05, 0) is 42.0 Å². The zero-order valence-corrected chi connectivity index (χ0v) is 15.0. The minimum Gasteiger partial charge on any atom is -0.338 e. The molecule has 0 saturated carbocycles. The van der Waals surface area contributed by atoms with Crippen molar-refractivity contribution in [2.75, 3.05) is 26.2 Å². The van der Waals surface area contributed by atoms with Gasteiger partial charge in [-0.2, -0.15) is 0 Å². The van der Waals surface area contributed by atoms with Gasteiger partial charge in [0, 0.05) is 24.7 Å². The summed E-state index contributed by atoms with van der Waals surface area (Å²) >= 11 is 6.14. The molecule has 0 aliphatic carbocycles. The van der Waals surface area contributed by atoms with Crippen molar-refractivity contribution in [3.8, 4) is 0 Å². The van der Waals surface area contributed by atoms with Crippen LogP contribution >= 0.6 is 11.6 Å². The summed E-state index contributed by atoms with van der Waals surface area (Å²) in [6, 6.07) is 5.60. The molecular weight excluding hydrogens is 326 g/mol. The Kier molecular flexibility index (Phi) is 4.99. The van der Waals surface area contributed by atoms with Crippen LogP contribution in [0.1, 0.15) is 37.4 Å². The third-order valence-corrected chi connectivity index (χ3v) is 5.03. The molecule has 0 aromatic heterocycles. The number of carbonyl (C=O) groups is 2. The fourth-order valence-electron chi connectivity index (χ4n) is 3.43. The number of benzene rings is 1. The standard InChI is InChI=1S/C18H24ClN3O2/c1-12(2)5-7-20-18(24)21-10-16-15-9-14(19)4-3-13(15)6-8-22(16)17(23)11-21/h3-4,9,12,16H,5-8,10-11H2,1-2H3,(H,20,24). The van der Waals surface area contributed by atoms with Crippen molar-refractivity contribution in [1.29, 1.82) is 0 Å². The summed E-state index contributed by atoms with van der Waals surface area (Å²) in [4.78, 5) is 28.4. The van der Waals surface area contributed by atoms with Crippen LogP contribution < -0.4 is 5.32 Å². The molecule has 1 fully saturated rings. The minimum absolute atomic E-state index is 0.0101. The lowest BCUT2D eigenvalue weighted by atomic mass is 9.91. The van der Waals surface area contributed by atoms with Crippen molar-refractivity contribution in [2.24, 2.45) is 5.92 Å². The lowest BCUT2D eigenvalue weighted by Crippen LogP contribution is -2.57. The van der Waals surface area contributed by atoms with Crippen LogP contribution in [0.5, 0.6) is 0 Å². The van der Waals surface area contributed by atoms with Gasteiger partial charge in [0.15, 0.2) is 0 Å². The number of fused-ring (bicyclic) bond motifs is 3. The predicted molar refractivity (Wildman–Crippen MR) is 94.0 cm³/mol. The van der Waals surface area contributed by atoms with E-state index in [2.05, 4.69) is 19.2 Å². The number of halogens is 1. The van der Waals surface area contributed by atoms with E-state index < -0.39 is 0 Å². The SMILES string of the molecule is CC(C)CCNC(=O)N1CC(=O)N2CCc3ccc(Cl)cc3C2C1. The Balaban J connectivity index is 1.74. The lowest BCUT2D eigenvalue weighted by Gasteiger charge is -2.44. The van der Waals surface area contributed by atoms with E-state index in [0.29, 0.717) is 30.6 Å². The molecule has 1 aromatic carbocycles. The van der Waals surface area contributed by atoms with Gasteiger partial charge in [-0.3, -0.25) is 4.79 Å². The predicted octanol–water partition coefficient (Wildman–Crippen LogP) is 2.84. The number of rotatable bonds is 3. The fraction of sp³-hybridized carbons (Fsp3) is 0.556. The molecule has 130 valence electrons. The molecule has 2 aliphatic heterocycles. The van der Waals surface area contributed by atoms with Crippen LogP contribution in [0.25, 0.3) is 0 Å². The highest BCUT2D eigenvalue weighted by molar-refractivity contribution is 6.30. The topological polar surface area (TPSA) is 52.7 Å². The van der Waals surface area contributed by atoms with E-state index >= 15 is 0 Å². The Morgan fingerprint density at radius 1 is 1.42 bits per heavy atom. The summed E-state index contributed by atoms with van der Waals surface area (Å²) < 4.78 is 0. The number of hydrogen-bond acceptors (Lipinski definition) is 2. The summed E-state index contributed by atoms with van der Waals surface area (Å²) in [6.45, 7) is 6.26. The van der Waals surface area contributed by atoms with Crippen LogP contribution in [0.3, 0.4) is 0 Å². The molecule has 2 heterocycles. The smallest absolute Gasteiger partial charge is 0.317 e. The van der Waals surface area contributed by atoms with E-state index in [4.69, 9.17) is 11.6 Å². The number of piperazine rings is 1. The minimum atomic E-state index is -0.155. The van der Waals surface area contributed by atoms with Crippen LogP contribution in [0.4, 0.5) is 4.79 Å². The van der Waals surface area contributed by atoms with Gasteiger partial charge in [0.2, 0.25) is 5.91 Å². The third kappa shape index (κ3) is 3.51. The molecule has 0 bridgehead atoms. The summed E-state index contributed by atoms with van der Waals surface area (Å²) in [5, 5.41) is 3.59. The molecule has 0 radical (unpaired) electrons. The van der Waals surface area contributed by atoms with Gasteiger partial charge in [0.25, 0.3) is 0 Å². The second-order valence-electron chi connectivity index (χ2n) is 6.99. The van der Waals surface area contributed by atoms with E-state index in [1.54, 1.807) is 4.90 Å². The quantitative estimate of drug-likeness (QED) is 0.912. The molecule has 1 N–H and O–H groups in total. The molecule has 5 nitrogen and oxygen atoms in total. The number of nitrogens with zero attached hydrogens (tertiary/aromatic N) is 2. The third-order valence-electron chi connectivity index (χ3n) is 4.79. The number of urea groups is 1. The first kappa shape index (κ1) is 17.1. The van der Waals surface area contributed by atoms with E-state index in [1.807, 2.05) is 23.1 Å². The van der Waals surface area contributed by atoms with Gasteiger partial charge in [0.05, 0.1) is 6.04 Å². The Hall–Kier alpha value is -1.75. The molecular formula is C18H24ClN3O2. The average Bonchev–Trinajstić information content (AvgIpc) is 2.54. The van der Waals surface area contributed by atoms with Gasteiger partial charge < -0.3 is 15.1 Å². The molecule has 0 spiro atoms. The van der Waals surface area contributed by atoms with Crippen LogP contribution in [0, 0.1) is 5.92 Å². The van der Waals surface area contributed by atoms with Crippen molar-refractivity contribution in [3.63, 3.8) is 0 Å². The molecule has 1 aromatic rings. The second-order valence-corrected chi connectivity index (χ2v) is 7.43. The first-order valence-corrected chi connectivity index (χ1v) is 8.94. The molecule has 24 heavy (non-hydrogen) atoms. The van der Waals surface area contributed by atoms with Crippen LogP contribution in [0.15, 0.2) is 18.2 Å². The molecule has 3 rings (SSSR count). The maximum absolute atomic E-state index is 12.5. The monoisotopic (exact) mass is 349 g/mol. The van der Waals surface area contributed by atoms with Crippen molar-refractivity contribution in [1.82, 2.24) is 15.1 Å². The van der Waals surface area contributed by atoms with Gasteiger partial charge >= 0.3 is 6.03 Å². The fourth-order valence-corrected chi connectivity index (χ4v) is 3.61. The molecule has 6 heteroatoms. The highest BCUT2D eigenvalue weighted by Gasteiger charge is 2.38. The second kappa shape index (κ2) is 7.01. The normalized spacial score (nSPS) is 20.0. The Morgan fingerprint density at radius 2 is 2.21 bits per heavy atom. The number of carbonyl (C=O) groups excluding carboxylic acids is 2. The average molecular weight is 350 g/mol. The molecule has 3 amide bonds. The number of hydrogen-bond donors (Lipinski definition) is 1. The van der Waals surface area contributed by atoms with Crippen LogP contribution in [-0.2, 0) is 11.2 Å². The van der Waals surface area contributed by atoms with Gasteiger partial charge in [-0.25, -0.2) is 4.79 Å². The first-order valence-electron chi connectivity index (χ1n) is 8.56. The highest BCUT2D eigenvalue weighted by atomic mass is 35.5. The van der Waals surface area contributed by atoms with Crippen molar-refractivity contribution < 1.29 is 9.59 Å². The molecule has 1 atom stereocenters. The van der Waals surface area contributed by atoms with Crippen molar-refractivity contribution in [2.45, 2.75) is 32.7 Å². The molecule has 1 saturated heterocycles. The molecule has 2 aliphatic rings. The van der Waals surface area contributed by atoms with Gasteiger partial charge in [0.1, 0.15) is 6.54 Å². The van der Waals surface area contributed by atoms with Crippen molar-refractivity contribution >= 4 is 23.5 Å². The zero-order valence-electron chi connectivity index (χ0n) is 14.2. The zero-order chi connectivity index (χ0) is 17.3. The van der Waals surface area contributed by atoms with E-state index in [1.165, 1.54) is 5.56 Å². The van der Waals surface area contributed by atoms with Gasteiger partial charge in [-0.15, -0.1) is 0 Å². The summed E-state index contributed by atoms with van der Waals surface area (Å²) in [6.07, 6.45) is 1.77. The Bertz CT molecular complexity index is 647. The number of nitrogens with one attached hydrogen (secondary N) is 1. The Labute approximate surface area is 147 Å². The van der Waals surface area contributed by atoms with E-state index in [0.717, 1.165) is 18.4 Å². The summed E-state index contributed by atoms with van der Waals surface area (Å²) in [5.74, 6) is 0.548. The van der Waals surface area contributed by atoms with Gasteiger partial charge in [-0.1, -0.05) is 31.5 Å². The summed E-state index contributed by atoms with van der Waals surface area (Å²) in [7, 11) is 0. The molecule has 1 unspecified atom stereocenters. The maximum atomic E-state index is 12.5. The summed E-state index contributed by atoms with van der Waals surface area (Å²) in [5.41, 5.74) is 2.29. The van der Waals surface area contributed by atoms with Crippen molar-refractivity contribution in [3.05, 3.63) is 34.3 Å². The first-order chi connectivity index (χ1) is 11.5. The largest absolute Gasteiger partial charge is 0.338 e. The number of amides is 3. The van der Waals surface area contributed by atoms with E-state index in [-0.39, 0.29) is 24.5 Å². The highest BCUT2D eigenvalue weighted by Crippen LogP contribution is 2.34.